The Morgan fingerprint density at radius 2 is 2.05 bits per heavy atom. The van der Waals surface area contributed by atoms with E-state index in [1.165, 1.54) is 12.8 Å². The monoisotopic (exact) mass is 276 g/mol. The van der Waals surface area contributed by atoms with Crippen molar-refractivity contribution < 1.29 is 9.53 Å². The van der Waals surface area contributed by atoms with E-state index in [0.717, 1.165) is 37.2 Å². The first-order chi connectivity index (χ1) is 9.79. The van der Waals surface area contributed by atoms with Crippen LogP contribution in [0.5, 0.6) is 5.75 Å². The van der Waals surface area contributed by atoms with Gasteiger partial charge in [0.25, 0.3) is 0 Å². The summed E-state index contributed by atoms with van der Waals surface area (Å²) in [7, 11) is 1.89. The highest BCUT2D eigenvalue weighted by atomic mass is 16.5. The molecule has 0 unspecified atom stereocenters. The lowest BCUT2D eigenvalue weighted by molar-refractivity contribution is -0.116. The van der Waals surface area contributed by atoms with Gasteiger partial charge in [-0.05, 0) is 57.8 Å². The zero-order chi connectivity index (χ0) is 14.2. The van der Waals surface area contributed by atoms with Gasteiger partial charge in [0.2, 0.25) is 5.91 Å². The molecule has 0 aromatic heterocycles. The van der Waals surface area contributed by atoms with Crippen molar-refractivity contribution in [2.75, 3.05) is 18.9 Å². The SMILES string of the molecule is CNCCCC(=O)Nc1ccccc1OC1CCCC1. The van der Waals surface area contributed by atoms with Gasteiger partial charge in [-0.3, -0.25) is 4.79 Å². The summed E-state index contributed by atoms with van der Waals surface area (Å²) in [5, 5.41) is 5.99. The molecule has 0 radical (unpaired) electrons. The minimum absolute atomic E-state index is 0.0442. The van der Waals surface area contributed by atoms with E-state index in [1.54, 1.807) is 0 Å². The number of carbonyl (C=O) groups is 1. The van der Waals surface area contributed by atoms with Crippen LogP contribution in [0, 0.1) is 0 Å². The van der Waals surface area contributed by atoms with Gasteiger partial charge in [-0.25, -0.2) is 0 Å². The van der Waals surface area contributed by atoms with Gasteiger partial charge < -0.3 is 15.4 Å². The van der Waals surface area contributed by atoms with Crippen LogP contribution in [0.1, 0.15) is 38.5 Å². The summed E-state index contributed by atoms with van der Waals surface area (Å²) in [6.07, 6.45) is 6.38. The second-order valence-corrected chi connectivity index (χ2v) is 5.28. The number of anilines is 1. The molecule has 4 heteroatoms. The normalized spacial score (nSPS) is 15.2. The smallest absolute Gasteiger partial charge is 0.224 e. The number of para-hydroxylation sites is 2. The van der Waals surface area contributed by atoms with Crippen molar-refractivity contribution in [2.24, 2.45) is 0 Å². The molecule has 0 spiro atoms. The van der Waals surface area contributed by atoms with Gasteiger partial charge in [0, 0.05) is 6.42 Å². The number of nitrogens with one attached hydrogen (secondary N) is 2. The molecule has 2 N–H and O–H groups in total. The van der Waals surface area contributed by atoms with Crippen LogP contribution >= 0.6 is 0 Å². The Kier molecular flexibility index (Phi) is 5.87. The first-order valence-electron chi connectivity index (χ1n) is 7.49. The zero-order valence-corrected chi connectivity index (χ0v) is 12.2. The number of benzene rings is 1. The molecule has 0 bridgehead atoms. The van der Waals surface area contributed by atoms with Crippen LogP contribution in [0.4, 0.5) is 5.69 Å². The van der Waals surface area contributed by atoms with Gasteiger partial charge in [0.05, 0.1) is 11.8 Å². The Balaban J connectivity index is 1.91. The third-order valence-electron chi connectivity index (χ3n) is 3.59. The number of hydrogen-bond acceptors (Lipinski definition) is 3. The van der Waals surface area contributed by atoms with E-state index in [-0.39, 0.29) is 5.91 Å². The van der Waals surface area contributed by atoms with Gasteiger partial charge >= 0.3 is 0 Å². The van der Waals surface area contributed by atoms with Crippen LogP contribution < -0.4 is 15.4 Å². The zero-order valence-electron chi connectivity index (χ0n) is 12.2. The summed E-state index contributed by atoms with van der Waals surface area (Å²) in [6.45, 7) is 0.855. The van der Waals surface area contributed by atoms with E-state index in [2.05, 4.69) is 10.6 Å². The van der Waals surface area contributed by atoms with E-state index >= 15 is 0 Å². The van der Waals surface area contributed by atoms with Gasteiger partial charge in [-0.1, -0.05) is 12.1 Å². The van der Waals surface area contributed by atoms with E-state index in [1.807, 2.05) is 31.3 Å². The summed E-state index contributed by atoms with van der Waals surface area (Å²) >= 11 is 0. The molecule has 1 aromatic carbocycles. The molecule has 110 valence electrons. The van der Waals surface area contributed by atoms with Crippen molar-refractivity contribution in [3.8, 4) is 5.75 Å². The van der Waals surface area contributed by atoms with E-state index in [4.69, 9.17) is 4.74 Å². The molecule has 1 fully saturated rings. The summed E-state index contributed by atoms with van der Waals surface area (Å²) in [5.41, 5.74) is 0.786. The quantitative estimate of drug-likeness (QED) is 0.753. The van der Waals surface area contributed by atoms with Crippen molar-refractivity contribution in [3.05, 3.63) is 24.3 Å². The summed E-state index contributed by atoms with van der Waals surface area (Å²) in [6, 6.07) is 7.70. The van der Waals surface area contributed by atoms with Gasteiger partial charge in [0.1, 0.15) is 5.75 Å². The molecule has 1 aliphatic rings. The molecule has 1 aliphatic carbocycles. The highest BCUT2D eigenvalue weighted by Crippen LogP contribution is 2.29. The number of ether oxygens (including phenoxy) is 1. The molecule has 1 amide bonds. The third kappa shape index (κ3) is 4.53. The fourth-order valence-electron chi connectivity index (χ4n) is 2.50. The third-order valence-corrected chi connectivity index (χ3v) is 3.59. The number of hydrogen-bond donors (Lipinski definition) is 2. The minimum Gasteiger partial charge on any atom is -0.488 e. The highest BCUT2D eigenvalue weighted by Gasteiger charge is 2.18. The van der Waals surface area contributed by atoms with Crippen LogP contribution in [-0.4, -0.2) is 25.6 Å². The van der Waals surface area contributed by atoms with Crippen molar-refractivity contribution in [1.82, 2.24) is 5.32 Å². The van der Waals surface area contributed by atoms with Gasteiger partial charge in [0.15, 0.2) is 0 Å². The molecular formula is C16H24N2O2. The predicted molar refractivity (Wildman–Crippen MR) is 81.1 cm³/mol. The Morgan fingerprint density at radius 1 is 1.30 bits per heavy atom. The number of amides is 1. The summed E-state index contributed by atoms with van der Waals surface area (Å²) in [5.74, 6) is 0.837. The molecule has 2 rings (SSSR count). The highest BCUT2D eigenvalue weighted by molar-refractivity contribution is 5.92. The second kappa shape index (κ2) is 7.90. The lowest BCUT2D eigenvalue weighted by Gasteiger charge is -2.16. The van der Waals surface area contributed by atoms with E-state index in [0.29, 0.717) is 12.5 Å². The fraction of sp³-hybridized carbons (Fsp3) is 0.562. The lowest BCUT2D eigenvalue weighted by atomic mass is 10.2. The average molecular weight is 276 g/mol. The van der Waals surface area contributed by atoms with Crippen molar-refractivity contribution >= 4 is 11.6 Å². The Labute approximate surface area is 120 Å². The first-order valence-corrected chi connectivity index (χ1v) is 7.49. The minimum atomic E-state index is 0.0442. The maximum atomic E-state index is 11.9. The largest absolute Gasteiger partial charge is 0.488 e. The van der Waals surface area contributed by atoms with Crippen LogP contribution in [0.2, 0.25) is 0 Å². The molecule has 0 aliphatic heterocycles. The predicted octanol–water partition coefficient (Wildman–Crippen LogP) is 2.95. The van der Waals surface area contributed by atoms with Gasteiger partial charge in [-0.15, -0.1) is 0 Å². The van der Waals surface area contributed by atoms with Crippen LogP contribution in [0.15, 0.2) is 24.3 Å². The Morgan fingerprint density at radius 3 is 2.80 bits per heavy atom. The molecule has 0 saturated heterocycles. The van der Waals surface area contributed by atoms with E-state index < -0.39 is 0 Å². The lowest BCUT2D eigenvalue weighted by Crippen LogP contribution is -2.17. The molecule has 0 atom stereocenters. The van der Waals surface area contributed by atoms with Crippen LogP contribution in [0.25, 0.3) is 0 Å². The standard InChI is InChI=1S/C16H24N2O2/c1-17-12-6-11-16(19)18-14-9-4-5-10-15(14)20-13-7-2-3-8-13/h4-5,9-10,13,17H,2-3,6-8,11-12H2,1H3,(H,18,19). The Bertz CT molecular complexity index is 428. The fourth-order valence-corrected chi connectivity index (χ4v) is 2.50. The van der Waals surface area contributed by atoms with Gasteiger partial charge in [-0.2, -0.15) is 0 Å². The van der Waals surface area contributed by atoms with Crippen LogP contribution in [0.3, 0.4) is 0 Å². The maximum Gasteiger partial charge on any atom is 0.224 e. The van der Waals surface area contributed by atoms with Crippen molar-refractivity contribution in [2.45, 2.75) is 44.6 Å². The first kappa shape index (κ1) is 14.9. The number of rotatable bonds is 7. The molecule has 1 aromatic rings. The van der Waals surface area contributed by atoms with Crippen molar-refractivity contribution in [1.29, 1.82) is 0 Å². The second-order valence-electron chi connectivity index (χ2n) is 5.28. The van der Waals surface area contributed by atoms with E-state index in [9.17, 15) is 4.79 Å². The molecule has 0 heterocycles. The van der Waals surface area contributed by atoms with Crippen molar-refractivity contribution in [3.63, 3.8) is 0 Å². The van der Waals surface area contributed by atoms with Crippen LogP contribution in [-0.2, 0) is 4.79 Å². The topological polar surface area (TPSA) is 50.4 Å². The molecule has 4 nitrogen and oxygen atoms in total. The summed E-state index contributed by atoms with van der Waals surface area (Å²) < 4.78 is 6.01. The maximum absolute atomic E-state index is 11.9. The summed E-state index contributed by atoms with van der Waals surface area (Å²) in [4.78, 5) is 11.9. The molecule has 1 saturated carbocycles. The average Bonchev–Trinajstić information content (AvgIpc) is 2.94. The molecule has 20 heavy (non-hydrogen) atoms. The Hall–Kier alpha value is -1.55. The molecular weight excluding hydrogens is 252 g/mol. The number of carbonyl (C=O) groups excluding carboxylic acids is 1.